The first-order chi connectivity index (χ1) is 13.5. The van der Waals surface area contributed by atoms with E-state index >= 15 is 0 Å². The third-order valence-corrected chi connectivity index (χ3v) is 6.55. The number of carbonyl (C=O) groups excluding carboxylic acids is 2. The van der Waals surface area contributed by atoms with Gasteiger partial charge >= 0.3 is 5.97 Å². The van der Waals surface area contributed by atoms with Crippen molar-refractivity contribution in [3.8, 4) is 0 Å². The van der Waals surface area contributed by atoms with Gasteiger partial charge in [-0.1, -0.05) is 12.2 Å². The third-order valence-electron chi connectivity index (χ3n) is 6.55. The molecule has 1 aromatic carbocycles. The molecule has 1 saturated carbocycles. The Morgan fingerprint density at radius 2 is 1.46 bits per heavy atom. The van der Waals surface area contributed by atoms with Gasteiger partial charge in [-0.25, -0.2) is 0 Å². The van der Waals surface area contributed by atoms with Crippen molar-refractivity contribution in [1.82, 2.24) is 4.90 Å². The molecule has 0 aromatic heterocycles. The number of carboxylic acids is 1. The van der Waals surface area contributed by atoms with Crippen LogP contribution < -0.4 is 4.90 Å². The fraction of sp³-hybridized carbons (Fsp3) is 0.500. The smallest absolute Gasteiger partial charge is 0.307 e. The van der Waals surface area contributed by atoms with Crippen LogP contribution in [0.1, 0.15) is 30.1 Å². The molecule has 3 aliphatic carbocycles. The first-order valence-electron chi connectivity index (χ1n) is 10.0. The Hall–Kier alpha value is -2.63. The molecule has 1 N–H and O–H groups in total. The summed E-state index contributed by atoms with van der Waals surface area (Å²) >= 11 is 0. The van der Waals surface area contributed by atoms with Gasteiger partial charge in [0.15, 0.2) is 5.78 Å². The Morgan fingerprint density at radius 3 is 1.96 bits per heavy atom. The van der Waals surface area contributed by atoms with E-state index in [-0.39, 0.29) is 23.5 Å². The molecule has 1 aliphatic heterocycles. The van der Waals surface area contributed by atoms with E-state index in [2.05, 4.69) is 11.0 Å². The minimum absolute atomic E-state index is 0.00183. The van der Waals surface area contributed by atoms with E-state index in [0.29, 0.717) is 31.7 Å². The van der Waals surface area contributed by atoms with Crippen LogP contribution in [0, 0.1) is 23.7 Å². The maximum Gasteiger partial charge on any atom is 0.307 e. The van der Waals surface area contributed by atoms with E-state index in [4.69, 9.17) is 0 Å². The van der Waals surface area contributed by atoms with Crippen LogP contribution in [0.25, 0.3) is 0 Å². The summed E-state index contributed by atoms with van der Waals surface area (Å²) in [6.07, 6.45) is 5.83. The zero-order chi connectivity index (χ0) is 19.8. The van der Waals surface area contributed by atoms with Crippen LogP contribution in [-0.2, 0) is 9.59 Å². The number of piperazine rings is 1. The number of nitrogens with zero attached hydrogens (tertiary/aromatic N) is 2. The number of hydrogen-bond donors (Lipinski definition) is 1. The standard InChI is InChI=1S/C22H26N2O4/c1-14(25)15-6-8-18(9-7-15)23-10-12-24(13-11-23)21(26)19-16-2-4-17(5-3-16)20(19)22(27)28/h2,4,6-9,16-17,19-20H,3,5,10-13H2,1H3,(H,27,28)/t16-,17-,19-,20+/m0/s1. The predicted molar refractivity (Wildman–Crippen MR) is 105 cm³/mol. The number of fused-ring (bicyclic) bond motifs is 2. The minimum atomic E-state index is -0.846. The van der Waals surface area contributed by atoms with Crippen molar-refractivity contribution in [3.63, 3.8) is 0 Å². The maximum absolute atomic E-state index is 13.2. The molecule has 6 heteroatoms. The molecule has 1 amide bonds. The number of rotatable bonds is 4. The molecule has 6 nitrogen and oxygen atoms in total. The number of carbonyl (C=O) groups is 3. The number of anilines is 1. The van der Waals surface area contributed by atoms with Gasteiger partial charge in [0.25, 0.3) is 0 Å². The Labute approximate surface area is 164 Å². The Balaban J connectivity index is 1.42. The van der Waals surface area contributed by atoms with Crippen LogP contribution in [0.15, 0.2) is 36.4 Å². The van der Waals surface area contributed by atoms with E-state index in [1.165, 1.54) is 0 Å². The lowest BCUT2D eigenvalue weighted by atomic mass is 9.62. The van der Waals surface area contributed by atoms with Crippen molar-refractivity contribution < 1.29 is 19.5 Å². The molecule has 2 bridgehead atoms. The maximum atomic E-state index is 13.2. The molecule has 1 saturated heterocycles. The van der Waals surface area contributed by atoms with Gasteiger partial charge in [-0.3, -0.25) is 14.4 Å². The molecule has 0 unspecified atom stereocenters. The molecule has 1 aromatic rings. The Bertz CT molecular complexity index is 808. The monoisotopic (exact) mass is 382 g/mol. The molecule has 1 heterocycles. The van der Waals surface area contributed by atoms with Gasteiger partial charge in [0.05, 0.1) is 11.8 Å². The first-order valence-corrected chi connectivity index (χ1v) is 10.0. The van der Waals surface area contributed by atoms with Gasteiger partial charge in [0.2, 0.25) is 5.91 Å². The number of aliphatic carboxylic acids is 1. The average Bonchev–Trinajstić information content (AvgIpc) is 2.73. The van der Waals surface area contributed by atoms with Crippen LogP contribution in [0.3, 0.4) is 0 Å². The van der Waals surface area contributed by atoms with Crippen LogP contribution in [0.5, 0.6) is 0 Å². The predicted octanol–water partition coefficient (Wildman–Crippen LogP) is 2.45. The van der Waals surface area contributed by atoms with Gasteiger partial charge < -0.3 is 14.9 Å². The van der Waals surface area contributed by atoms with Crippen molar-refractivity contribution in [1.29, 1.82) is 0 Å². The summed E-state index contributed by atoms with van der Waals surface area (Å²) in [6.45, 7) is 4.16. The number of allylic oxidation sites excluding steroid dienone is 2. The lowest BCUT2D eigenvalue weighted by Crippen LogP contribution is -2.55. The third kappa shape index (κ3) is 3.32. The summed E-state index contributed by atoms with van der Waals surface area (Å²) < 4.78 is 0. The van der Waals surface area contributed by atoms with Crippen molar-refractivity contribution >= 4 is 23.3 Å². The summed E-state index contributed by atoms with van der Waals surface area (Å²) in [4.78, 5) is 40.5. The molecule has 0 radical (unpaired) electrons. The van der Waals surface area contributed by atoms with Gasteiger partial charge in [-0.2, -0.15) is 0 Å². The van der Waals surface area contributed by atoms with E-state index in [1.54, 1.807) is 6.92 Å². The SMILES string of the molecule is CC(=O)c1ccc(N2CCN(C(=O)[C@@H]3[C@H](C(=O)O)[C@H]4C=C[C@H]3CC4)CC2)cc1. The molecule has 4 aliphatic rings. The van der Waals surface area contributed by atoms with Crippen molar-refractivity contribution in [2.45, 2.75) is 19.8 Å². The van der Waals surface area contributed by atoms with E-state index in [0.717, 1.165) is 18.5 Å². The Morgan fingerprint density at radius 1 is 0.893 bits per heavy atom. The van der Waals surface area contributed by atoms with Crippen LogP contribution >= 0.6 is 0 Å². The number of benzene rings is 1. The summed E-state index contributed by atoms with van der Waals surface area (Å²) in [6, 6.07) is 7.55. The fourth-order valence-electron chi connectivity index (χ4n) is 4.97. The van der Waals surface area contributed by atoms with Gasteiger partial charge in [0, 0.05) is 37.4 Å². The Kier molecular flexibility index (Phi) is 4.96. The van der Waals surface area contributed by atoms with Crippen LogP contribution in [0.2, 0.25) is 0 Å². The number of amides is 1. The highest BCUT2D eigenvalue weighted by Gasteiger charge is 2.49. The lowest BCUT2D eigenvalue weighted by molar-refractivity contribution is -0.156. The second kappa shape index (κ2) is 7.41. The molecular formula is C22H26N2O4. The highest BCUT2D eigenvalue weighted by molar-refractivity contribution is 5.94. The normalized spacial score (nSPS) is 29.0. The summed E-state index contributed by atoms with van der Waals surface area (Å²) in [5.74, 6) is -1.78. The highest BCUT2D eigenvalue weighted by Crippen LogP contribution is 2.45. The summed E-state index contributed by atoms with van der Waals surface area (Å²) in [7, 11) is 0. The quantitative estimate of drug-likeness (QED) is 0.639. The lowest BCUT2D eigenvalue weighted by Gasteiger charge is -2.45. The molecule has 2 fully saturated rings. The zero-order valence-corrected chi connectivity index (χ0v) is 16.1. The average molecular weight is 382 g/mol. The second-order valence-corrected chi connectivity index (χ2v) is 8.10. The number of hydrogen-bond acceptors (Lipinski definition) is 4. The van der Waals surface area contributed by atoms with Gasteiger partial charge in [-0.15, -0.1) is 0 Å². The number of Topliss-reactive ketones (excluding diaryl/α,β-unsaturated/α-hetero) is 1. The zero-order valence-electron chi connectivity index (χ0n) is 16.1. The van der Waals surface area contributed by atoms with Crippen molar-refractivity contribution in [3.05, 3.63) is 42.0 Å². The van der Waals surface area contributed by atoms with Gasteiger partial charge in [0.1, 0.15) is 0 Å². The molecule has 0 spiro atoms. The van der Waals surface area contributed by atoms with Crippen LogP contribution in [-0.4, -0.2) is 53.8 Å². The van der Waals surface area contributed by atoms with E-state index in [1.807, 2.05) is 35.2 Å². The van der Waals surface area contributed by atoms with E-state index in [9.17, 15) is 19.5 Å². The minimum Gasteiger partial charge on any atom is -0.481 e. The fourth-order valence-corrected chi connectivity index (χ4v) is 4.97. The molecular weight excluding hydrogens is 356 g/mol. The number of carboxylic acid groups (broad SMARTS) is 1. The van der Waals surface area contributed by atoms with Crippen LogP contribution in [0.4, 0.5) is 5.69 Å². The van der Waals surface area contributed by atoms with Gasteiger partial charge in [-0.05, 0) is 55.9 Å². The summed E-state index contributed by atoms with van der Waals surface area (Å²) in [5.41, 5.74) is 1.73. The topological polar surface area (TPSA) is 77.9 Å². The second-order valence-electron chi connectivity index (χ2n) is 8.10. The first kappa shape index (κ1) is 18.7. The summed E-state index contributed by atoms with van der Waals surface area (Å²) in [5, 5.41) is 9.69. The molecule has 4 atom stereocenters. The molecule has 28 heavy (non-hydrogen) atoms. The van der Waals surface area contributed by atoms with Crippen molar-refractivity contribution in [2.75, 3.05) is 31.1 Å². The molecule has 5 rings (SSSR count). The number of ketones is 1. The molecule has 148 valence electrons. The van der Waals surface area contributed by atoms with E-state index < -0.39 is 17.8 Å². The largest absolute Gasteiger partial charge is 0.481 e. The van der Waals surface area contributed by atoms with Crippen molar-refractivity contribution in [2.24, 2.45) is 23.7 Å². The highest BCUT2D eigenvalue weighted by atomic mass is 16.4.